The highest BCUT2D eigenvalue weighted by Gasteiger charge is 2.37. The lowest BCUT2D eigenvalue weighted by atomic mass is 9.78. The summed E-state index contributed by atoms with van der Waals surface area (Å²) in [7, 11) is 0. The number of esters is 1. The molecule has 1 aliphatic heterocycles. The van der Waals surface area contributed by atoms with Gasteiger partial charge in [-0.1, -0.05) is 98.2 Å². The highest BCUT2D eigenvalue weighted by molar-refractivity contribution is 6.48. The Balaban J connectivity index is 1.20. The maximum absolute atomic E-state index is 12.9. The van der Waals surface area contributed by atoms with Crippen molar-refractivity contribution in [3.05, 3.63) is 142 Å². The van der Waals surface area contributed by atoms with Crippen LogP contribution in [0.25, 0.3) is 0 Å². The third kappa shape index (κ3) is 6.08. The Morgan fingerprint density at radius 2 is 1.37 bits per heavy atom. The molecule has 1 N–H and O–H groups in total. The van der Waals surface area contributed by atoms with Crippen LogP contribution in [0.1, 0.15) is 40.9 Å². The van der Waals surface area contributed by atoms with Crippen LogP contribution in [0.15, 0.2) is 120 Å². The van der Waals surface area contributed by atoms with Gasteiger partial charge in [0.25, 0.3) is 11.8 Å². The van der Waals surface area contributed by atoms with Gasteiger partial charge in [0.2, 0.25) is 0 Å². The molecule has 0 fully saturated rings. The summed E-state index contributed by atoms with van der Waals surface area (Å²) in [6.45, 7) is 4.53. The van der Waals surface area contributed by atoms with Crippen molar-refractivity contribution < 1.29 is 19.1 Å². The van der Waals surface area contributed by atoms with Crippen LogP contribution in [0, 0.1) is 0 Å². The summed E-state index contributed by atoms with van der Waals surface area (Å²) in [6.07, 6.45) is 0.528. The molecule has 0 unspecified atom stereocenters. The maximum Gasteiger partial charge on any atom is 0.343 e. The van der Waals surface area contributed by atoms with Gasteiger partial charge in [-0.3, -0.25) is 14.5 Å². The van der Waals surface area contributed by atoms with Gasteiger partial charge in [0.1, 0.15) is 16.5 Å². The standard InChI is InChI=1S/C34H29ClN2O4/c1-34(2,25-11-7-4-8-12-25)26-15-19-28(20-16-26)41-33(40)24-13-17-27(18-14-24)36-30-29(35)31(38)37(32(30)39)22-21-23-9-5-3-6-10-23/h3-20,36H,21-22H2,1-2H3. The number of ether oxygens (including phenoxy) is 1. The first-order valence-electron chi connectivity index (χ1n) is 13.3. The first-order valence-corrected chi connectivity index (χ1v) is 13.7. The minimum atomic E-state index is -0.534. The van der Waals surface area contributed by atoms with Crippen LogP contribution in [-0.4, -0.2) is 29.2 Å². The molecule has 7 heteroatoms. The van der Waals surface area contributed by atoms with Crippen LogP contribution in [0.3, 0.4) is 0 Å². The van der Waals surface area contributed by atoms with Crippen molar-refractivity contribution in [2.45, 2.75) is 25.7 Å². The monoisotopic (exact) mass is 564 g/mol. The maximum atomic E-state index is 12.9. The zero-order valence-corrected chi connectivity index (χ0v) is 23.5. The van der Waals surface area contributed by atoms with Crippen molar-refractivity contribution in [3.8, 4) is 5.75 Å². The van der Waals surface area contributed by atoms with Crippen molar-refractivity contribution in [3.63, 3.8) is 0 Å². The number of imide groups is 1. The number of nitrogens with one attached hydrogen (secondary N) is 1. The second-order valence-corrected chi connectivity index (χ2v) is 10.7. The number of benzene rings is 4. The molecule has 2 amide bonds. The number of rotatable bonds is 9. The highest BCUT2D eigenvalue weighted by Crippen LogP contribution is 2.32. The SMILES string of the molecule is CC(C)(c1ccccc1)c1ccc(OC(=O)c2ccc(NC3=C(Cl)C(=O)N(CCc4ccccc4)C3=O)cc2)cc1. The largest absolute Gasteiger partial charge is 0.423 e. The first kappa shape index (κ1) is 27.9. The summed E-state index contributed by atoms with van der Waals surface area (Å²) < 4.78 is 5.58. The molecule has 1 aliphatic rings. The fraction of sp³-hybridized carbons (Fsp3) is 0.147. The summed E-state index contributed by atoms with van der Waals surface area (Å²) in [6, 6.07) is 33.7. The van der Waals surface area contributed by atoms with Crippen molar-refractivity contribution >= 4 is 35.1 Å². The van der Waals surface area contributed by atoms with Crippen LogP contribution in [0.5, 0.6) is 5.75 Å². The third-order valence-corrected chi connectivity index (χ3v) is 7.60. The molecule has 6 nitrogen and oxygen atoms in total. The van der Waals surface area contributed by atoms with Crippen molar-refractivity contribution in [1.82, 2.24) is 4.90 Å². The van der Waals surface area contributed by atoms with Crippen molar-refractivity contribution in [2.24, 2.45) is 0 Å². The molecule has 0 bridgehead atoms. The molecule has 206 valence electrons. The molecule has 41 heavy (non-hydrogen) atoms. The highest BCUT2D eigenvalue weighted by atomic mass is 35.5. The Bertz CT molecular complexity index is 1600. The molecule has 4 aromatic rings. The van der Waals surface area contributed by atoms with Gasteiger partial charge in [0, 0.05) is 17.6 Å². The van der Waals surface area contributed by atoms with Gasteiger partial charge in [-0.25, -0.2) is 4.79 Å². The minimum Gasteiger partial charge on any atom is -0.423 e. The second kappa shape index (κ2) is 11.8. The summed E-state index contributed by atoms with van der Waals surface area (Å²) in [5, 5.41) is 2.77. The average Bonchev–Trinajstić information content (AvgIpc) is 3.20. The first-order chi connectivity index (χ1) is 19.7. The average molecular weight is 565 g/mol. The fourth-order valence-corrected chi connectivity index (χ4v) is 4.93. The number of carbonyl (C=O) groups is 3. The van der Waals surface area contributed by atoms with Gasteiger partial charge in [0.05, 0.1) is 5.56 Å². The molecule has 5 rings (SSSR count). The Kier molecular flexibility index (Phi) is 8.04. The minimum absolute atomic E-state index is 0.0126. The normalized spacial score (nSPS) is 13.5. The summed E-state index contributed by atoms with van der Waals surface area (Å²) in [5.74, 6) is -1.10. The molecular formula is C34H29ClN2O4. The van der Waals surface area contributed by atoms with Crippen LogP contribution in [-0.2, 0) is 21.4 Å². The second-order valence-electron chi connectivity index (χ2n) is 10.3. The van der Waals surface area contributed by atoms with Gasteiger partial charge in [-0.05, 0) is 59.5 Å². The number of hydrogen-bond donors (Lipinski definition) is 1. The van der Waals surface area contributed by atoms with Crippen molar-refractivity contribution in [1.29, 1.82) is 0 Å². The molecule has 0 atom stereocenters. The lowest BCUT2D eigenvalue weighted by molar-refractivity contribution is -0.137. The van der Waals surface area contributed by atoms with Crippen LogP contribution < -0.4 is 10.1 Å². The lowest BCUT2D eigenvalue weighted by Gasteiger charge is -2.26. The number of carbonyl (C=O) groups excluding carboxylic acids is 3. The Hall–Kier alpha value is -4.68. The summed E-state index contributed by atoms with van der Waals surface area (Å²) >= 11 is 6.23. The van der Waals surface area contributed by atoms with Gasteiger partial charge in [0.15, 0.2) is 0 Å². The number of nitrogens with zero attached hydrogens (tertiary/aromatic N) is 1. The molecule has 0 aliphatic carbocycles. The van der Waals surface area contributed by atoms with E-state index >= 15 is 0 Å². The number of amides is 2. The van der Waals surface area contributed by atoms with E-state index in [2.05, 4.69) is 31.3 Å². The van der Waals surface area contributed by atoms with E-state index < -0.39 is 17.8 Å². The molecule has 0 saturated heterocycles. The number of anilines is 1. The number of hydrogen-bond acceptors (Lipinski definition) is 5. The van der Waals surface area contributed by atoms with Gasteiger partial charge < -0.3 is 10.1 Å². The molecule has 0 radical (unpaired) electrons. The van der Waals surface area contributed by atoms with Gasteiger partial charge in [-0.15, -0.1) is 0 Å². The van der Waals surface area contributed by atoms with E-state index in [9.17, 15) is 14.4 Å². The van der Waals surface area contributed by atoms with E-state index in [0.717, 1.165) is 16.0 Å². The number of halogens is 1. The third-order valence-electron chi connectivity index (χ3n) is 7.25. The van der Waals surface area contributed by atoms with E-state index in [1.54, 1.807) is 36.4 Å². The van der Waals surface area contributed by atoms with E-state index in [-0.39, 0.29) is 22.7 Å². The molecular weight excluding hydrogens is 536 g/mol. The van der Waals surface area contributed by atoms with Crippen LogP contribution >= 0.6 is 11.6 Å². The van der Waals surface area contributed by atoms with Gasteiger partial charge in [-0.2, -0.15) is 0 Å². The van der Waals surface area contributed by atoms with Crippen LogP contribution in [0.2, 0.25) is 0 Å². The van der Waals surface area contributed by atoms with Crippen molar-refractivity contribution in [2.75, 3.05) is 11.9 Å². The van der Waals surface area contributed by atoms with Crippen LogP contribution in [0.4, 0.5) is 5.69 Å². The van der Waals surface area contributed by atoms with E-state index in [0.29, 0.717) is 23.4 Å². The topological polar surface area (TPSA) is 75.7 Å². The smallest absolute Gasteiger partial charge is 0.343 e. The predicted octanol–water partition coefficient (Wildman–Crippen LogP) is 6.71. The summed E-state index contributed by atoms with van der Waals surface area (Å²) in [4.78, 5) is 39.4. The van der Waals surface area contributed by atoms with Gasteiger partial charge >= 0.3 is 5.97 Å². The zero-order chi connectivity index (χ0) is 29.0. The van der Waals surface area contributed by atoms with E-state index in [1.807, 2.05) is 60.7 Å². The molecule has 0 aromatic heterocycles. The van der Waals surface area contributed by atoms with E-state index in [1.165, 1.54) is 5.56 Å². The summed E-state index contributed by atoms with van der Waals surface area (Å²) in [5.41, 5.74) is 3.97. The zero-order valence-electron chi connectivity index (χ0n) is 22.8. The molecule has 4 aromatic carbocycles. The lowest BCUT2D eigenvalue weighted by Crippen LogP contribution is -2.34. The Morgan fingerprint density at radius 3 is 2.00 bits per heavy atom. The molecule has 0 saturated carbocycles. The molecule has 0 spiro atoms. The molecule has 1 heterocycles. The quantitative estimate of drug-likeness (QED) is 0.139. The Labute approximate surface area is 244 Å². The Morgan fingerprint density at radius 1 is 0.780 bits per heavy atom. The predicted molar refractivity (Wildman–Crippen MR) is 160 cm³/mol. The fourth-order valence-electron chi connectivity index (χ4n) is 4.70. The van der Waals surface area contributed by atoms with E-state index in [4.69, 9.17) is 16.3 Å².